The van der Waals surface area contributed by atoms with Gasteiger partial charge in [0, 0.05) is 31.8 Å². The standard InChI is InChI=1S/C19H18N6O2S/c1-25-10-22-14-16(25)15-19(24-17(14)21-8-7-20)28-18(23-15)12-4-2-3-11(9-12)5-6-13(26)27/h2-6,9-10H,7-8,20H2,1H3,(H,21,24)(H,26,27)/b6-5+. The lowest BCUT2D eigenvalue weighted by Crippen LogP contribution is -2.14. The molecular formula is C19H18N6O2S. The minimum atomic E-state index is -0.981. The molecule has 0 spiro atoms. The van der Waals surface area contributed by atoms with E-state index in [4.69, 9.17) is 20.8 Å². The Labute approximate surface area is 164 Å². The van der Waals surface area contributed by atoms with E-state index in [0.29, 0.717) is 18.9 Å². The van der Waals surface area contributed by atoms with Crippen molar-refractivity contribution in [3.8, 4) is 10.6 Å². The summed E-state index contributed by atoms with van der Waals surface area (Å²) in [5.41, 5.74) is 9.77. The Hall–Kier alpha value is -3.30. The van der Waals surface area contributed by atoms with Gasteiger partial charge in [-0.1, -0.05) is 29.5 Å². The van der Waals surface area contributed by atoms with Gasteiger partial charge >= 0.3 is 5.97 Å². The van der Waals surface area contributed by atoms with Gasteiger partial charge in [-0.25, -0.2) is 19.7 Å². The first kappa shape index (κ1) is 18.1. The Morgan fingerprint density at radius 3 is 3.00 bits per heavy atom. The van der Waals surface area contributed by atoms with Crippen LogP contribution in [-0.4, -0.2) is 43.7 Å². The quantitative estimate of drug-likeness (QED) is 0.430. The number of thiazole rings is 1. The zero-order valence-corrected chi connectivity index (χ0v) is 15.9. The number of nitrogens with zero attached hydrogens (tertiary/aromatic N) is 4. The summed E-state index contributed by atoms with van der Waals surface area (Å²) in [5, 5.41) is 12.9. The van der Waals surface area contributed by atoms with Crippen molar-refractivity contribution >= 4 is 50.6 Å². The number of carbonyl (C=O) groups is 1. The molecule has 4 rings (SSSR count). The average molecular weight is 394 g/mol. The highest BCUT2D eigenvalue weighted by Gasteiger charge is 2.17. The van der Waals surface area contributed by atoms with Gasteiger partial charge in [-0.3, -0.25) is 0 Å². The van der Waals surface area contributed by atoms with E-state index in [9.17, 15) is 4.79 Å². The number of benzene rings is 1. The number of aromatic nitrogens is 4. The predicted molar refractivity (Wildman–Crippen MR) is 111 cm³/mol. The molecule has 0 unspecified atom stereocenters. The Kier molecular flexibility index (Phi) is 4.76. The molecule has 4 aromatic rings. The van der Waals surface area contributed by atoms with Crippen LogP contribution in [0.4, 0.5) is 5.82 Å². The molecule has 28 heavy (non-hydrogen) atoms. The monoisotopic (exact) mass is 394 g/mol. The third kappa shape index (κ3) is 3.32. The van der Waals surface area contributed by atoms with Crippen LogP contribution < -0.4 is 11.1 Å². The summed E-state index contributed by atoms with van der Waals surface area (Å²) in [6.45, 7) is 1.10. The van der Waals surface area contributed by atoms with Gasteiger partial charge in [0.2, 0.25) is 0 Å². The van der Waals surface area contributed by atoms with E-state index in [1.54, 1.807) is 12.4 Å². The Bertz CT molecular complexity index is 1210. The number of hydrogen-bond donors (Lipinski definition) is 3. The molecule has 0 atom stereocenters. The number of rotatable bonds is 6. The molecule has 0 saturated carbocycles. The first-order valence-electron chi connectivity index (χ1n) is 8.64. The number of nitrogens with one attached hydrogen (secondary N) is 1. The second-order valence-corrected chi connectivity index (χ2v) is 7.18. The Morgan fingerprint density at radius 2 is 2.21 bits per heavy atom. The summed E-state index contributed by atoms with van der Waals surface area (Å²) in [6, 6.07) is 7.59. The summed E-state index contributed by atoms with van der Waals surface area (Å²) in [7, 11) is 1.93. The highest BCUT2D eigenvalue weighted by molar-refractivity contribution is 7.21. The van der Waals surface area contributed by atoms with Crippen molar-refractivity contribution in [2.24, 2.45) is 12.8 Å². The van der Waals surface area contributed by atoms with E-state index in [-0.39, 0.29) is 0 Å². The van der Waals surface area contributed by atoms with Crippen molar-refractivity contribution < 1.29 is 9.90 Å². The number of imidazole rings is 1. The first-order valence-corrected chi connectivity index (χ1v) is 9.45. The van der Waals surface area contributed by atoms with E-state index in [0.717, 1.165) is 43.6 Å². The molecule has 8 nitrogen and oxygen atoms in total. The number of carboxylic acid groups (broad SMARTS) is 1. The van der Waals surface area contributed by atoms with Crippen molar-refractivity contribution in [2.75, 3.05) is 18.4 Å². The molecule has 3 heterocycles. The maximum Gasteiger partial charge on any atom is 0.328 e. The van der Waals surface area contributed by atoms with Crippen LogP contribution in [0.3, 0.4) is 0 Å². The molecule has 4 N–H and O–H groups in total. The predicted octanol–water partition coefficient (Wildman–Crippen LogP) is 2.71. The summed E-state index contributed by atoms with van der Waals surface area (Å²) in [5.74, 6) is -0.285. The molecule has 9 heteroatoms. The highest BCUT2D eigenvalue weighted by atomic mass is 32.1. The van der Waals surface area contributed by atoms with Gasteiger partial charge in [0.25, 0.3) is 0 Å². The van der Waals surface area contributed by atoms with Gasteiger partial charge in [-0.2, -0.15) is 0 Å². The smallest absolute Gasteiger partial charge is 0.328 e. The lowest BCUT2D eigenvalue weighted by atomic mass is 10.1. The van der Waals surface area contributed by atoms with Gasteiger partial charge in [0.05, 0.1) is 6.33 Å². The van der Waals surface area contributed by atoms with Crippen molar-refractivity contribution in [3.63, 3.8) is 0 Å². The fraction of sp³-hybridized carbons (Fsp3) is 0.158. The van der Waals surface area contributed by atoms with Crippen molar-refractivity contribution in [1.29, 1.82) is 0 Å². The summed E-state index contributed by atoms with van der Waals surface area (Å²) < 4.78 is 1.93. The summed E-state index contributed by atoms with van der Waals surface area (Å²) in [6.07, 6.45) is 4.43. The van der Waals surface area contributed by atoms with Crippen LogP contribution in [0.15, 0.2) is 36.7 Å². The second-order valence-electron chi connectivity index (χ2n) is 6.20. The number of aliphatic carboxylic acids is 1. The lowest BCUT2D eigenvalue weighted by molar-refractivity contribution is -0.131. The second kappa shape index (κ2) is 7.37. The topological polar surface area (TPSA) is 119 Å². The van der Waals surface area contributed by atoms with Gasteiger partial charge in [-0.05, 0) is 17.7 Å². The number of hydrogen-bond acceptors (Lipinski definition) is 7. The van der Waals surface area contributed by atoms with Crippen molar-refractivity contribution in [1.82, 2.24) is 19.5 Å². The Balaban J connectivity index is 1.84. The van der Waals surface area contributed by atoms with E-state index < -0.39 is 5.97 Å². The van der Waals surface area contributed by atoms with Gasteiger partial charge < -0.3 is 20.7 Å². The SMILES string of the molecule is Cn1cnc2c(NCCN)nc3sc(-c4cccc(/C=C/C(=O)O)c4)nc3c21. The summed E-state index contributed by atoms with van der Waals surface area (Å²) >= 11 is 1.48. The number of aryl methyl sites for hydroxylation is 1. The molecular weight excluding hydrogens is 376 g/mol. The van der Waals surface area contributed by atoms with Gasteiger partial charge in [-0.15, -0.1) is 0 Å². The molecule has 142 valence electrons. The first-order chi connectivity index (χ1) is 13.6. The average Bonchev–Trinajstić information content (AvgIpc) is 3.28. The molecule has 0 saturated heterocycles. The van der Waals surface area contributed by atoms with E-state index in [1.807, 2.05) is 35.9 Å². The van der Waals surface area contributed by atoms with E-state index in [2.05, 4.69) is 10.3 Å². The third-order valence-corrected chi connectivity index (χ3v) is 5.20. The van der Waals surface area contributed by atoms with Crippen LogP contribution in [0.2, 0.25) is 0 Å². The van der Waals surface area contributed by atoms with Crippen LogP contribution in [0.5, 0.6) is 0 Å². The molecule has 1 aromatic carbocycles. The zero-order valence-electron chi connectivity index (χ0n) is 15.1. The molecule has 0 aliphatic heterocycles. The minimum Gasteiger partial charge on any atom is -0.478 e. The maximum absolute atomic E-state index is 10.8. The van der Waals surface area contributed by atoms with Crippen LogP contribution in [0.25, 0.3) is 38.0 Å². The molecule has 0 bridgehead atoms. The van der Waals surface area contributed by atoms with Gasteiger partial charge in [0.15, 0.2) is 5.82 Å². The van der Waals surface area contributed by atoms with Crippen LogP contribution in [0, 0.1) is 0 Å². The molecule has 3 aromatic heterocycles. The zero-order chi connectivity index (χ0) is 19.7. The lowest BCUT2D eigenvalue weighted by Gasteiger charge is -2.05. The summed E-state index contributed by atoms with van der Waals surface area (Å²) in [4.78, 5) is 25.5. The normalized spacial score (nSPS) is 11.6. The molecule has 0 fully saturated rings. The maximum atomic E-state index is 10.8. The number of pyridine rings is 1. The molecule has 0 aliphatic carbocycles. The highest BCUT2D eigenvalue weighted by Crippen LogP contribution is 2.35. The molecule has 0 radical (unpaired) electrons. The minimum absolute atomic E-state index is 0.499. The van der Waals surface area contributed by atoms with Crippen molar-refractivity contribution in [3.05, 3.63) is 42.2 Å². The third-order valence-electron chi connectivity index (χ3n) is 4.20. The van der Waals surface area contributed by atoms with Crippen LogP contribution in [0.1, 0.15) is 5.56 Å². The fourth-order valence-electron chi connectivity index (χ4n) is 2.96. The number of anilines is 1. The number of carboxylic acids is 1. The number of nitrogens with two attached hydrogens (primary N) is 1. The van der Waals surface area contributed by atoms with Crippen LogP contribution >= 0.6 is 11.3 Å². The fourth-order valence-corrected chi connectivity index (χ4v) is 3.90. The molecule has 0 aliphatic rings. The van der Waals surface area contributed by atoms with E-state index in [1.165, 1.54) is 11.3 Å². The van der Waals surface area contributed by atoms with Gasteiger partial charge in [0.1, 0.15) is 26.4 Å². The number of fused-ring (bicyclic) bond motifs is 3. The largest absolute Gasteiger partial charge is 0.478 e. The van der Waals surface area contributed by atoms with Crippen LogP contribution in [-0.2, 0) is 11.8 Å². The van der Waals surface area contributed by atoms with Crippen molar-refractivity contribution in [2.45, 2.75) is 0 Å². The van der Waals surface area contributed by atoms with E-state index >= 15 is 0 Å². The molecule has 0 amide bonds. The Morgan fingerprint density at radius 1 is 1.36 bits per heavy atom.